The van der Waals surface area contributed by atoms with E-state index in [2.05, 4.69) is 0 Å². The van der Waals surface area contributed by atoms with E-state index >= 15 is 0 Å². The molecule has 0 heterocycles. The third-order valence-electron chi connectivity index (χ3n) is 8.64. The lowest BCUT2D eigenvalue weighted by Crippen LogP contribution is -2.05. The smallest absolute Gasteiger partial charge is 0.305 e. The summed E-state index contributed by atoms with van der Waals surface area (Å²) < 4.78 is 10.8. The molecule has 44 heavy (non-hydrogen) atoms. The number of rotatable bonds is 37. The molecule has 6 nitrogen and oxygen atoms in total. The second-order valence-electron chi connectivity index (χ2n) is 13.0. The zero-order valence-corrected chi connectivity index (χ0v) is 29.0. The van der Waals surface area contributed by atoms with Crippen LogP contribution in [-0.2, 0) is 19.1 Å². The lowest BCUT2D eigenvalue weighted by molar-refractivity contribution is -0.144. The van der Waals surface area contributed by atoms with Gasteiger partial charge >= 0.3 is 11.9 Å². The Balaban J connectivity index is 3.20. The third-order valence-corrected chi connectivity index (χ3v) is 8.64. The maximum atomic E-state index is 11.9. The second-order valence-corrected chi connectivity index (χ2v) is 13.0. The maximum Gasteiger partial charge on any atom is 0.305 e. The first-order valence-electron chi connectivity index (χ1n) is 19.2. The number of hydrogen-bond donors (Lipinski definition) is 2. The Kier molecular flexibility index (Phi) is 37.1. The Morgan fingerprint density at radius 1 is 0.295 bits per heavy atom. The Hall–Kier alpha value is -1.14. The molecule has 0 aromatic rings. The Bertz CT molecular complexity index is 532. The van der Waals surface area contributed by atoms with E-state index in [1.54, 1.807) is 0 Å². The van der Waals surface area contributed by atoms with E-state index < -0.39 is 0 Å². The average Bonchev–Trinajstić information content (AvgIpc) is 3.02. The van der Waals surface area contributed by atoms with E-state index in [4.69, 9.17) is 19.7 Å². The summed E-state index contributed by atoms with van der Waals surface area (Å²) in [4.78, 5) is 23.7. The van der Waals surface area contributed by atoms with Gasteiger partial charge in [0.1, 0.15) is 0 Å². The van der Waals surface area contributed by atoms with Gasteiger partial charge in [-0.15, -0.1) is 0 Å². The molecule has 0 saturated carbocycles. The lowest BCUT2D eigenvalue weighted by Gasteiger charge is -2.06. The van der Waals surface area contributed by atoms with Crippen molar-refractivity contribution < 1.29 is 29.3 Å². The van der Waals surface area contributed by atoms with Gasteiger partial charge in [-0.2, -0.15) is 0 Å². The van der Waals surface area contributed by atoms with E-state index in [-0.39, 0.29) is 11.9 Å². The van der Waals surface area contributed by atoms with Gasteiger partial charge in [0.2, 0.25) is 0 Å². The number of hydrogen-bond acceptors (Lipinski definition) is 6. The first-order valence-corrected chi connectivity index (χ1v) is 19.2. The molecule has 6 heteroatoms. The van der Waals surface area contributed by atoms with Crippen LogP contribution in [0, 0.1) is 0 Å². The molecule has 0 aromatic heterocycles. The van der Waals surface area contributed by atoms with Crippen LogP contribution in [0.1, 0.15) is 205 Å². The van der Waals surface area contributed by atoms with Gasteiger partial charge in [0.05, 0.1) is 13.2 Å². The maximum absolute atomic E-state index is 11.9. The van der Waals surface area contributed by atoms with Crippen molar-refractivity contribution >= 4 is 11.9 Å². The third kappa shape index (κ3) is 37.0. The molecule has 0 spiro atoms. The van der Waals surface area contributed by atoms with Crippen LogP contribution in [0.3, 0.4) is 0 Å². The van der Waals surface area contributed by atoms with Crippen LogP contribution < -0.4 is 0 Å². The number of aliphatic hydroxyl groups excluding tert-OH is 2. The first-order chi connectivity index (χ1) is 21.7. The van der Waals surface area contributed by atoms with Crippen molar-refractivity contribution in [3.8, 4) is 0 Å². The number of aliphatic hydroxyl groups is 2. The van der Waals surface area contributed by atoms with Crippen LogP contribution in [0.2, 0.25) is 0 Å². The molecule has 0 aliphatic rings. The summed E-state index contributed by atoms with van der Waals surface area (Å²) in [5, 5.41) is 17.5. The van der Waals surface area contributed by atoms with E-state index in [0.717, 1.165) is 77.0 Å². The van der Waals surface area contributed by atoms with E-state index in [1.165, 1.54) is 116 Å². The molecule has 0 aromatic carbocycles. The molecule has 0 rings (SSSR count). The Morgan fingerprint density at radius 2 is 0.500 bits per heavy atom. The van der Waals surface area contributed by atoms with Crippen LogP contribution in [0.4, 0.5) is 0 Å². The zero-order chi connectivity index (χ0) is 32.0. The molecule has 262 valence electrons. The summed E-state index contributed by atoms with van der Waals surface area (Å²) in [6.07, 6.45) is 36.6. The molecule has 0 aliphatic carbocycles. The number of ether oxygens (including phenoxy) is 2. The molecule has 2 N–H and O–H groups in total. The van der Waals surface area contributed by atoms with Crippen molar-refractivity contribution in [3.05, 3.63) is 0 Å². The molecule has 0 unspecified atom stereocenters. The van der Waals surface area contributed by atoms with Gasteiger partial charge in [0.15, 0.2) is 0 Å². The van der Waals surface area contributed by atoms with E-state index in [9.17, 15) is 9.59 Å². The monoisotopic (exact) mass is 627 g/mol. The summed E-state index contributed by atoms with van der Waals surface area (Å²) in [5.74, 6) is -0.0439. The predicted octanol–water partition coefficient (Wildman–Crippen LogP) is 10.5. The van der Waals surface area contributed by atoms with Gasteiger partial charge in [0.25, 0.3) is 0 Å². The zero-order valence-electron chi connectivity index (χ0n) is 29.0. The average molecular weight is 627 g/mol. The van der Waals surface area contributed by atoms with Gasteiger partial charge in [-0.3, -0.25) is 9.59 Å². The van der Waals surface area contributed by atoms with E-state index in [1.807, 2.05) is 0 Å². The van der Waals surface area contributed by atoms with Crippen LogP contribution in [0.5, 0.6) is 0 Å². The Labute approximate surface area is 272 Å². The number of esters is 2. The molecule has 0 fully saturated rings. The van der Waals surface area contributed by atoms with Gasteiger partial charge in [0, 0.05) is 26.1 Å². The molecule has 0 aliphatic heterocycles. The molecular weight excluding hydrogens is 552 g/mol. The van der Waals surface area contributed by atoms with Crippen molar-refractivity contribution in [2.24, 2.45) is 0 Å². The number of carbonyl (C=O) groups is 2. The van der Waals surface area contributed by atoms with Crippen molar-refractivity contribution in [2.45, 2.75) is 205 Å². The number of carbonyl (C=O) groups excluding carboxylic acids is 2. The summed E-state index contributed by atoms with van der Waals surface area (Å²) in [6.45, 7) is 1.78. The fourth-order valence-electron chi connectivity index (χ4n) is 5.73. The minimum absolute atomic E-state index is 0.0219. The molecule has 0 atom stereocenters. The van der Waals surface area contributed by atoms with Gasteiger partial charge in [-0.1, -0.05) is 154 Å². The highest BCUT2D eigenvalue weighted by atomic mass is 16.5. The second kappa shape index (κ2) is 38.0. The summed E-state index contributed by atoms with van der Waals surface area (Å²) >= 11 is 0. The molecule has 0 radical (unpaired) electrons. The summed E-state index contributed by atoms with van der Waals surface area (Å²) in [6, 6.07) is 0. The largest absolute Gasteiger partial charge is 0.466 e. The SMILES string of the molecule is O=C(CCCCCCCCCCCCCCCCC(=O)OCCCCCCCCCCO)OCCCCCCCCCCO. The normalized spacial score (nSPS) is 11.2. The molecule has 0 amide bonds. The van der Waals surface area contributed by atoms with Crippen LogP contribution in [0.15, 0.2) is 0 Å². The van der Waals surface area contributed by atoms with E-state index in [0.29, 0.717) is 39.3 Å². The predicted molar refractivity (Wildman–Crippen MR) is 184 cm³/mol. The van der Waals surface area contributed by atoms with Crippen LogP contribution >= 0.6 is 0 Å². The minimum atomic E-state index is -0.0219. The van der Waals surface area contributed by atoms with Gasteiger partial charge in [-0.25, -0.2) is 0 Å². The van der Waals surface area contributed by atoms with Gasteiger partial charge < -0.3 is 19.7 Å². The van der Waals surface area contributed by atoms with Crippen molar-refractivity contribution in [3.63, 3.8) is 0 Å². The first kappa shape index (κ1) is 42.9. The van der Waals surface area contributed by atoms with Crippen molar-refractivity contribution in [1.29, 1.82) is 0 Å². The number of unbranched alkanes of at least 4 members (excludes halogenated alkanes) is 27. The van der Waals surface area contributed by atoms with Crippen LogP contribution in [0.25, 0.3) is 0 Å². The van der Waals surface area contributed by atoms with Gasteiger partial charge in [-0.05, 0) is 38.5 Å². The van der Waals surface area contributed by atoms with Crippen molar-refractivity contribution in [1.82, 2.24) is 0 Å². The highest BCUT2D eigenvalue weighted by Gasteiger charge is 2.04. The highest BCUT2D eigenvalue weighted by Crippen LogP contribution is 2.15. The summed E-state index contributed by atoms with van der Waals surface area (Å²) in [7, 11) is 0. The Morgan fingerprint density at radius 3 is 0.750 bits per heavy atom. The van der Waals surface area contributed by atoms with Crippen molar-refractivity contribution in [2.75, 3.05) is 26.4 Å². The topological polar surface area (TPSA) is 93.1 Å². The standard InChI is InChI=1S/C38H74O6/c39-33-27-21-15-9-11-17-23-29-35-43-37(41)31-25-19-13-7-5-3-1-2-4-6-8-14-20-26-32-38(42)44-36-30-24-18-12-10-16-22-28-34-40/h39-40H,1-36H2. The summed E-state index contributed by atoms with van der Waals surface area (Å²) in [5.41, 5.74) is 0. The molecular formula is C38H74O6. The lowest BCUT2D eigenvalue weighted by atomic mass is 10.0. The quantitative estimate of drug-likeness (QED) is 0.0526. The highest BCUT2D eigenvalue weighted by molar-refractivity contribution is 5.69. The molecule has 0 saturated heterocycles. The fraction of sp³-hybridized carbons (Fsp3) is 0.947. The van der Waals surface area contributed by atoms with Crippen LogP contribution in [-0.4, -0.2) is 48.6 Å². The fourth-order valence-corrected chi connectivity index (χ4v) is 5.73. The molecule has 0 bridgehead atoms. The minimum Gasteiger partial charge on any atom is -0.466 e.